The lowest BCUT2D eigenvalue weighted by atomic mass is 10.1. The fourth-order valence-electron chi connectivity index (χ4n) is 3.08. The van der Waals surface area contributed by atoms with Gasteiger partial charge in [0.05, 0.1) is 23.4 Å². The number of amides is 2. The summed E-state index contributed by atoms with van der Waals surface area (Å²) < 4.78 is 12.0. The average molecular weight is 489 g/mol. The molecule has 0 aliphatic carbocycles. The molecule has 2 aromatic rings. The Hall–Kier alpha value is -2.71. The van der Waals surface area contributed by atoms with Crippen molar-refractivity contribution in [1.29, 1.82) is 0 Å². The van der Waals surface area contributed by atoms with Gasteiger partial charge < -0.3 is 9.47 Å². The van der Waals surface area contributed by atoms with Gasteiger partial charge in [0.2, 0.25) is 0 Å². The first kappa shape index (κ1) is 22.0. The van der Waals surface area contributed by atoms with Crippen LogP contribution < -0.4 is 19.7 Å². The van der Waals surface area contributed by atoms with Crippen molar-refractivity contribution in [1.82, 2.24) is 5.32 Å². The van der Waals surface area contributed by atoms with Crippen molar-refractivity contribution in [2.45, 2.75) is 20.8 Å². The maximum Gasteiger partial charge on any atom is 0.270 e. The van der Waals surface area contributed by atoms with E-state index in [1.165, 1.54) is 11.0 Å². The third kappa shape index (κ3) is 4.39. The standard InChI is InChI=1S/C22H21BrN2O4S/c1-4-28-18-12-14(11-16(23)19(18)29-5-2)10-15-20(26)24-22(30)25(21(15)27)17-9-7-6-8-13(17)3/h6-12H,4-5H2,1-3H3,(H,24,26,30)/b15-10+. The summed E-state index contributed by atoms with van der Waals surface area (Å²) in [5, 5.41) is 2.66. The normalized spacial score (nSPS) is 15.4. The molecule has 0 spiro atoms. The molecule has 8 heteroatoms. The van der Waals surface area contributed by atoms with Gasteiger partial charge in [0.1, 0.15) is 5.57 Å². The van der Waals surface area contributed by atoms with Gasteiger partial charge >= 0.3 is 0 Å². The quantitative estimate of drug-likeness (QED) is 0.371. The van der Waals surface area contributed by atoms with Crippen molar-refractivity contribution < 1.29 is 19.1 Å². The Morgan fingerprint density at radius 1 is 1.13 bits per heavy atom. The Balaban J connectivity index is 2.05. The molecule has 1 N–H and O–H groups in total. The number of hydrogen-bond acceptors (Lipinski definition) is 5. The number of ether oxygens (including phenoxy) is 2. The molecular weight excluding hydrogens is 468 g/mol. The summed E-state index contributed by atoms with van der Waals surface area (Å²) in [5.74, 6) is 0.0676. The number of thiocarbonyl (C=S) groups is 1. The summed E-state index contributed by atoms with van der Waals surface area (Å²) in [6.07, 6.45) is 1.52. The zero-order chi connectivity index (χ0) is 21.8. The third-order valence-electron chi connectivity index (χ3n) is 4.39. The number of anilines is 1. The van der Waals surface area contributed by atoms with E-state index in [9.17, 15) is 9.59 Å². The molecule has 0 aromatic heterocycles. The smallest absolute Gasteiger partial charge is 0.270 e. The molecule has 0 radical (unpaired) electrons. The Morgan fingerprint density at radius 3 is 2.50 bits per heavy atom. The lowest BCUT2D eigenvalue weighted by molar-refractivity contribution is -0.122. The van der Waals surface area contributed by atoms with Crippen molar-refractivity contribution in [3.05, 3.63) is 57.6 Å². The summed E-state index contributed by atoms with van der Waals surface area (Å²) in [7, 11) is 0. The summed E-state index contributed by atoms with van der Waals surface area (Å²) in [6, 6.07) is 10.9. The van der Waals surface area contributed by atoms with Crippen LogP contribution in [0.2, 0.25) is 0 Å². The van der Waals surface area contributed by atoms with E-state index in [1.54, 1.807) is 18.2 Å². The summed E-state index contributed by atoms with van der Waals surface area (Å²) in [5.41, 5.74) is 2.09. The number of carbonyl (C=O) groups is 2. The molecule has 0 bridgehead atoms. The van der Waals surface area contributed by atoms with Crippen LogP contribution >= 0.6 is 28.1 Å². The molecule has 2 aromatic carbocycles. The van der Waals surface area contributed by atoms with Gasteiger partial charge in [-0.3, -0.25) is 19.8 Å². The van der Waals surface area contributed by atoms with Crippen LogP contribution in [0.3, 0.4) is 0 Å². The van der Waals surface area contributed by atoms with Gasteiger partial charge in [-0.15, -0.1) is 0 Å². The van der Waals surface area contributed by atoms with Gasteiger partial charge in [-0.25, -0.2) is 0 Å². The number of halogens is 1. The fourth-order valence-corrected chi connectivity index (χ4v) is 3.92. The monoisotopic (exact) mass is 488 g/mol. The van der Waals surface area contributed by atoms with E-state index in [0.717, 1.165) is 5.56 Å². The summed E-state index contributed by atoms with van der Waals surface area (Å²) in [4.78, 5) is 27.1. The topological polar surface area (TPSA) is 67.9 Å². The van der Waals surface area contributed by atoms with Crippen LogP contribution in [0.25, 0.3) is 6.08 Å². The molecule has 30 heavy (non-hydrogen) atoms. The molecule has 1 saturated heterocycles. The second kappa shape index (κ2) is 9.40. The summed E-state index contributed by atoms with van der Waals surface area (Å²) >= 11 is 8.75. The van der Waals surface area contributed by atoms with E-state index >= 15 is 0 Å². The molecule has 1 heterocycles. The largest absolute Gasteiger partial charge is 0.490 e. The molecular formula is C22H21BrN2O4S. The van der Waals surface area contributed by atoms with Crippen molar-refractivity contribution in [3.63, 3.8) is 0 Å². The van der Waals surface area contributed by atoms with Crippen molar-refractivity contribution in [2.24, 2.45) is 0 Å². The molecule has 6 nitrogen and oxygen atoms in total. The Labute approximate surface area is 189 Å². The van der Waals surface area contributed by atoms with Crippen molar-refractivity contribution in [2.75, 3.05) is 18.1 Å². The highest BCUT2D eigenvalue weighted by atomic mass is 79.9. The second-order valence-corrected chi connectivity index (χ2v) is 7.68. The zero-order valence-corrected chi connectivity index (χ0v) is 19.2. The lowest BCUT2D eigenvalue weighted by Gasteiger charge is -2.30. The number of carbonyl (C=O) groups excluding carboxylic acids is 2. The van der Waals surface area contributed by atoms with Crippen LogP contribution in [0.5, 0.6) is 11.5 Å². The molecule has 1 fully saturated rings. The number of nitrogens with one attached hydrogen (secondary N) is 1. The van der Waals surface area contributed by atoms with Gasteiger partial charge in [-0.1, -0.05) is 18.2 Å². The lowest BCUT2D eigenvalue weighted by Crippen LogP contribution is -2.54. The SMILES string of the molecule is CCOc1cc(/C=C2\C(=O)NC(=S)N(c3ccccc3C)C2=O)cc(Br)c1OCC. The van der Waals surface area contributed by atoms with Crippen LogP contribution in [0.4, 0.5) is 5.69 Å². The molecule has 2 amide bonds. The molecule has 0 atom stereocenters. The first-order chi connectivity index (χ1) is 14.4. The molecule has 0 unspecified atom stereocenters. The molecule has 1 aliphatic rings. The number of aryl methyl sites for hydroxylation is 1. The van der Waals surface area contributed by atoms with Gasteiger partial charge in [0.25, 0.3) is 11.8 Å². The van der Waals surface area contributed by atoms with Crippen molar-refractivity contribution >= 4 is 56.8 Å². The first-order valence-corrected chi connectivity index (χ1v) is 10.6. The molecule has 156 valence electrons. The van der Waals surface area contributed by atoms with Crippen LogP contribution in [-0.2, 0) is 9.59 Å². The van der Waals surface area contributed by atoms with Crippen LogP contribution in [-0.4, -0.2) is 30.1 Å². The highest BCUT2D eigenvalue weighted by Crippen LogP contribution is 2.38. The van der Waals surface area contributed by atoms with Crippen molar-refractivity contribution in [3.8, 4) is 11.5 Å². The van der Waals surface area contributed by atoms with Crippen LogP contribution in [0.1, 0.15) is 25.0 Å². The van der Waals surface area contributed by atoms with E-state index in [2.05, 4.69) is 21.2 Å². The number of hydrogen-bond donors (Lipinski definition) is 1. The summed E-state index contributed by atoms with van der Waals surface area (Å²) in [6.45, 7) is 6.55. The molecule has 3 rings (SSSR count). The van der Waals surface area contributed by atoms with Gasteiger partial charge in [-0.2, -0.15) is 0 Å². The molecule has 0 saturated carbocycles. The second-order valence-electron chi connectivity index (χ2n) is 6.44. The third-order valence-corrected chi connectivity index (χ3v) is 5.26. The minimum absolute atomic E-state index is 0.0228. The maximum atomic E-state index is 13.2. The van der Waals surface area contributed by atoms with E-state index in [-0.39, 0.29) is 10.7 Å². The number of para-hydroxylation sites is 1. The first-order valence-electron chi connectivity index (χ1n) is 9.43. The molecule has 1 aliphatic heterocycles. The van der Waals surface area contributed by atoms with E-state index in [4.69, 9.17) is 21.7 Å². The van der Waals surface area contributed by atoms with Gasteiger partial charge in [0, 0.05) is 0 Å². The highest BCUT2D eigenvalue weighted by Gasteiger charge is 2.35. The van der Waals surface area contributed by atoms with Crippen LogP contribution in [0, 0.1) is 6.92 Å². The Kier molecular flexibility index (Phi) is 6.89. The van der Waals surface area contributed by atoms with E-state index in [1.807, 2.05) is 39.0 Å². The Bertz CT molecular complexity index is 1050. The fraction of sp³-hybridized carbons (Fsp3) is 0.227. The maximum absolute atomic E-state index is 13.2. The number of benzene rings is 2. The Morgan fingerprint density at radius 2 is 1.83 bits per heavy atom. The average Bonchev–Trinajstić information content (AvgIpc) is 2.69. The van der Waals surface area contributed by atoms with Crippen LogP contribution in [0.15, 0.2) is 46.4 Å². The number of nitrogens with zero attached hydrogens (tertiary/aromatic N) is 1. The number of rotatable bonds is 6. The highest BCUT2D eigenvalue weighted by molar-refractivity contribution is 9.10. The predicted molar refractivity (Wildman–Crippen MR) is 124 cm³/mol. The van der Waals surface area contributed by atoms with Gasteiger partial charge in [0.15, 0.2) is 16.6 Å². The van der Waals surface area contributed by atoms with Gasteiger partial charge in [-0.05, 0) is 84.3 Å². The predicted octanol–water partition coefficient (Wildman–Crippen LogP) is 4.39. The minimum atomic E-state index is -0.544. The van der Waals surface area contributed by atoms with E-state index in [0.29, 0.717) is 40.4 Å². The minimum Gasteiger partial charge on any atom is -0.490 e. The zero-order valence-electron chi connectivity index (χ0n) is 16.8. The van der Waals surface area contributed by atoms with E-state index < -0.39 is 11.8 Å².